The molecule has 1 aromatic carbocycles. The van der Waals surface area contributed by atoms with Crippen LogP contribution in [0.4, 0.5) is 4.39 Å². The number of nitrogens with zero attached hydrogens (tertiary/aromatic N) is 1. The molecule has 0 unspecified atom stereocenters. The molecule has 0 aliphatic carbocycles. The van der Waals surface area contributed by atoms with E-state index >= 15 is 0 Å². The molecule has 0 amide bonds. The summed E-state index contributed by atoms with van der Waals surface area (Å²) < 4.78 is 39.4. The highest BCUT2D eigenvalue weighted by Crippen LogP contribution is 2.27. The normalized spacial score (nSPS) is 11.7. The fourth-order valence-corrected chi connectivity index (χ4v) is 4.04. The average molecular weight is 393 g/mol. The van der Waals surface area contributed by atoms with Gasteiger partial charge >= 0.3 is 0 Å². The van der Waals surface area contributed by atoms with Crippen molar-refractivity contribution in [3.8, 4) is 0 Å². The van der Waals surface area contributed by atoms with Crippen molar-refractivity contribution in [1.29, 1.82) is 0 Å². The van der Waals surface area contributed by atoms with Gasteiger partial charge in [-0.3, -0.25) is 4.98 Å². The van der Waals surface area contributed by atoms with Crippen molar-refractivity contribution >= 4 is 37.4 Å². The zero-order valence-electron chi connectivity index (χ0n) is 11.3. The molecular formula is C14H12BrClFNO2S. The molecule has 0 radical (unpaired) electrons. The first-order valence-electron chi connectivity index (χ1n) is 6.01. The molecule has 112 valence electrons. The molecule has 0 spiro atoms. The third-order valence-electron chi connectivity index (χ3n) is 3.18. The number of pyridine rings is 1. The van der Waals surface area contributed by atoms with Gasteiger partial charge in [0.15, 0.2) is 9.84 Å². The van der Waals surface area contributed by atoms with E-state index in [0.717, 1.165) is 16.1 Å². The van der Waals surface area contributed by atoms with Crippen molar-refractivity contribution < 1.29 is 12.8 Å². The minimum absolute atomic E-state index is 0.155. The van der Waals surface area contributed by atoms with Gasteiger partial charge in [0.05, 0.1) is 5.75 Å². The number of sulfone groups is 1. The van der Waals surface area contributed by atoms with E-state index in [9.17, 15) is 12.8 Å². The SMILES string of the molecule is Cc1ncc(Br)c(C)c1CS(=O)(=O)c1ccc(Cl)cc1F. The zero-order valence-corrected chi connectivity index (χ0v) is 14.5. The summed E-state index contributed by atoms with van der Waals surface area (Å²) in [7, 11) is -3.82. The highest BCUT2D eigenvalue weighted by Gasteiger charge is 2.22. The smallest absolute Gasteiger partial charge is 0.185 e. The summed E-state index contributed by atoms with van der Waals surface area (Å²) >= 11 is 8.97. The van der Waals surface area contributed by atoms with Gasteiger partial charge in [-0.1, -0.05) is 11.6 Å². The van der Waals surface area contributed by atoms with Gasteiger partial charge in [-0.2, -0.15) is 0 Å². The van der Waals surface area contributed by atoms with Gasteiger partial charge in [-0.15, -0.1) is 0 Å². The van der Waals surface area contributed by atoms with Crippen LogP contribution < -0.4 is 0 Å². The zero-order chi connectivity index (χ0) is 15.8. The van der Waals surface area contributed by atoms with Crippen molar-refractivity contribution in [2.24, 2.45) is 0 Å². The fourth-order valence-electron chi connectivity index (χ4n) is 1.95. The Labute approximate surface area is 136 Å². The van der Waals surface area contributed by atoms with E-state index in [0.29, 0.717) is 11.3 Å². The molecule has 0 bridgehead atoms. The summed E-state index contributed by atoms with van der Waals surface area (Å²) in [6.07, 6.45) is 1.61. The molecule has 7 heteroatoms. The van der Waals surface area contributed by atoms with E-state index < -0.39 is 15.7 Å². The van der Waals surface area contributed by atoms with E-state index in [1.165, 1.54) is 12.1 Å². The molecule has 3 nitrogen and oxygen atoms in total. The van der Waals surface area contributed by atoms with E-state index in [1.54, 1.807) is 20.0 Å². The molecule has 2 rings (SSSR count). The van der Waals surface area contributed by atoms with Gasteiger partial charge < -0.3 is 0 Å². The summed E-state index contributed by atoms with van der Waals surface area (Å²) in [5.41, 5.74) is 1.95. The van der Waals surface area contributed by atoms with Crippen LogP contribution in [0.2, 0.25) is 5.02 Å². The lowest BCUT2D eigenvalue weighted by Crippen LogP contribution is -2.10. The lowest BCUT2D eigenvalue weighted by atomic mass is 10.1. The maximum Gasteiger partial charge on any atom is 0.185 e. The minimum Gasteiger partial charge on any atom is -0.260 e. The lowest BCUT2D eigenvalue weighted by molar-refractivity contribution is 0.566. The third-order valence-corrected chi connectivity index (χ3v) is 5.89. The number of hydrogen-bond donors (Lipinski definition) is 0. The highest BCUT2D eigenvalue weighted by molar-refractivity contribution is 9.10. The summed E-state index contributed by atoms with van der Waals surface area (Å²) in [6.45, 7) is 3.52. The van der Waals surface area contributed by atoms with Crippen molar-refractivity contribution in [2.45, 2.75) is 24.5 Å². The van der Waals surface area contributed by atoms with Gasteiger partial charge in [0, 0.05) is 21.4 Å². The Morgan fingerprint density at radius 2 is 2.00 bits per heavy atom. The molecule has 0 N–H and O–H groups in total. The summed E-state index contributed by atoms with van der Waals surface area (Å²) in [5, 5.41) is 0.155. The average Bonchev–Trinajstić information content (AvgIpc) is 2.39. The second-order valence-corrected chi connectivity index (χ2v) is 7.88. The van der Waals surface area contributed by atoms with Crippen LogP contribution in [-0.2, 0) is 15.6 Å². The molecule has 0 aliphatic heterocycles. The number of aromatic nitrogens is 1. The second-order valence-electron chi connectivity index (χ2n) is 4.63. The number of benzene rings is 1. The van der Waals surface area contributed by atoms with E-state index in [2.05, 4.69) is 20.9 Å². The Kier molecular flexibility index (Phi) is 4.70. The standard InChI is InChI=1S/C14H12BrClFNO2S/c1-8-11(9(2)18-6-12(8)15)7-21(19,20)14-4-3-10(16)5-13(14)17/h3-6H,7H2,1-2H3. The first kappa shape index (κ1) is 16.4. The Morgan fingerprint density at radius 3 is 2.62 bits per heavy atom. The number of rotatable bonds is 3. The van der Waals surface area contributed by atoms with Crippen molar-refractivity contribution in [1.82, 2.24) is 4.98 Å². The van der Waals surface area contributed by atoms with Crippen LogP contribution in [0.5, 0.6) is 0 Å². The first-order valence-corrected chi connectivity index (χ1v) is 8.83. The minimum atomic E-state index is -3.82. The summed E-state index contributed by atoms with van der Waals surface area (Å²) in [5.74, 6) is -1.16. The first-order chi connectivity index (χ1) is 9.72. The van der Waals surface area contributed by atoms with E-state index in [4.69, 9.17) is 11.6 Å². The van der Waals surface area contributed by atoms with E-state index in [1.807, 2.05) is 0 Å². The summed E-state index contributed by atoms with van der Waals surface area (Å²) in [6, 6.07) is 3.53. The Balaban J connectivity index is 2.50. The maximum atomic E-state index is 13.8. The molecule has 0 aliphatic rings. The summed E-state index contributed by atoms with van der Waals surface area (Å²) in [4.78, 5) is 3.77. The molecule has 1 aromatic heterocycles. The topological polar surface area (TPSA) is 47.0 Å². The number of hydrogen-bond acceptors (Lipinski definition) is 3. The van der Waals surface area contributed by atoms with Crippen LogP contribution in [0.3, 0.4) is 0 Å². The van der Waals surface area contributed by atoms with Gasteiger partial charge in [-0.25, -0.2) is 12.8 Å². The van der Waals surface area contributed by atoms with Gasteiger partial charge in [-0.05, 0) is 59.1 Å². The van der Waals surface area contributed by atoms with Crippen LogP contribution in [-0.4, -0.2) is 13.4 Å². The second kappa shape index (κ2) is 6.02. The Morgan fingerprint density at radius 1 is 1.33 bits per heavy atom. The molecule has 1 heterocycles. The molecule has 0 atom stereocenters. The number of halogens is 3. The predicted octanol–water partition coefficient (Wildman–Crippen LogP) is 4.23. The molecular weight excluding hydrogens is 381 g/mol. The quantitative estimate of drug-likeness (QED) is 0.785. The highest BCUT2D eigenvalue weighted by atomic mass is 79.9. The maximum absolute atomic E-state index is 13.8. The third kappa shape index (κ3) is 3.44. The largest absolute Gasteiger partial charge is 0.260 e. The van der Waals surface area contributed by atoms with Crippen LogP contribution in [0.25, 0.3) is 0 Å². The molecule has 0 fully saturated rings. The van der Waals surface area contributed by atoms with Gasteiger partial charge in [0.2, 0.25) is 0 Å². The predicted molar refractivity (Wildman–Crippen MR) is 83.7 cm³/mol. The van der Waals surface area contributed by atoms with Crippen molar-refractivity contribution in [2.75, 3.05) is 0 Å². The lowest BCUT2D eigenvalue weighted by Gasteiger charge is -2.12. The van der Waals surface area contributed by atoms with Crippen LogP contribution in [0.15, 0.2) is 33.8 Å². The van der Waals surface area contributed by atoms with Gasteiger partial charge in [0.25, 0.3) is 0 Å². The van der Waals surface area contributed by atoms with Crippen LogP contribution in [0.1, 0.15) is 16.8 Å². The van der Waals surface area contributed by atoms with E-state index in [-0.39, 0.29) is 15.7 Å². The van der Waals surface area contributed by atoms with Crippen molar-refractivity contribution in [3.63, 3.8) is 0 Å². The van der Waals surface area contributed by atoms with Crippen LogP contribution >= 0.6 is 27.5 Å². The monoisotopic (exact) mass is 391 g/mol. The number of aryl methyl sites for hydroxylation is 1. The fraction of sp³-hybridized carbons (Fsp3) is 0.214. The van der Waals surface area contributed by atoms with Gasteiger partial charge in [0.1, 0.15) is 10.7 Å². The van der Waals surface area contributed by atoms with Crippen LogP contribution in [0, 0.1) is 19.7 Å². The molecule has 2 aromatic rings. The molecule has 21 heavy (non-hydrogen) atoms. The molecule has 0 saturated carbocycles. The Bertz CT molecular complexity index is 809. The Hall–Kier alpha value is -0.980. The molecule has 0 saturated heterocycles. The van der Waals surface area contributed by atoms with Crippen molar-refractivity contribution in [3.05, 3.63) is 56.5 Å².